The van der Waals surface area contributed by atoms with Crippen molar-refractivity contribution in [3.8, 4) is 5.69 Å². The quantitative estimate of drug-likeness (QED) is 0.731. The third kappa shape index (κ3) is 4.03. The Balaban J connectivity index is 2.31. The van der Waals surface area contributed by atoms with Gasteiger partial charge in [0.25, 0.3) is 5.91 Å². The van der Waals surface area contributed by atoms with Crippen LogP contribution in [0, 0.1) is 6.92 Å². The van der Waals surface area contributed by atoms with Gasteiger partial charge in [-0.25, -0.2) is 4.68 Å². The summed E-state index contributed by atoms with van der Waals surface area (Å²) in [5.74, 6) is 0.202. The lowest BCUT2D eigenvalue weighted by atomic mass is 10.0. The van der Waals surface area contributed by atoms with Crippen LogP contribution in [0.1, 0.15) is 47.8 Å². The van der Waals surface area contributed by atoms with Crippen LogP contribution in [0.4, 0.5) is 0 Å². The summed E-state index contributed by atoms with van der Waals surface area (Å²) in [7, 11) is 3.50. The van der Waals surface area contributed by atoms with Gasteiger partial charge in [0, 0.05) is 27.3 Å². The highest BCUT2D eigenvalue weighted by Crippen LogP contribution is 2.24. The summed E-state index contributed by atoms with van der Waals surface area (Å²) in [4.78, 5) is 14.5. The fourth-order valence-corrected chi connectivity index (χ4v) is 2.72. The number of hydrogen-bond acceptors (Lipinski definition) is 3. The maximum atomic E-state index is 12.8. The number of carbonyl (C=O) groups is 1. The van der Waals surface area contributed by atoms with E-state index in [0.717, 1.165) is 17.8 Å². The van der Waals surface area contributed by atoms with Crippen molar-refractivity contribution in [2.75, 3.05) is 27.3 Å². The summed E-state index contributed by atoms with van der Waals surface area (Å²) in [6.07, 6.45) is 2.51. The van der Waals surface area contributed by atoms with Crippen molar-refractivity contribution >= 4 is 5.91 Å². The maximum absolute atomic E-state index is 12.8. The van der Waals surface area contributed by atoms with Crippen LogP contribution in [0.3, 0.4) is 0 Å². The molecule has 2 rings (SSSR count). The van der Waals surface area contributed by atoms with Crippen molar-refractivity contribution in [3.05, 3.63) is 47.3 Å². The van der Waals surface area contributed by atoms with Crippen LogP contribution in [0.2, 0.25) is 0 Å². The Hall–Kier alpha value is -2.14. The lowest BCUT2D eigenvalue weighted by Gasteiger charge is -2.18. The molecule has 5 nitrogen and oxygen atoms in total. The minimum absolute atomic E-state index is 0.00756. The van der Waals surface area contributed by atoms with Gasteiger partial charge in [-0.1, -0.05) is 31.5 Å². The van der Waals surface area contributed by atoms with Crippen molar-refractivity contribution in [1.29, 1.82) is 0 Å². The van der Waals surface area contributed by atoms with Gasteiger partial charge in [-0.3, -0.25) is 4.79 Å². The van der Waals surface area contributed by atoms with Crippen molar-refractivity contribution in [1.82, 2.24) is 14.7 Å². The molecule has 130 valence electrons. The molecule has 1 heterocycles. The summed E-state index contributed by atoms with van der Waals surface area (Å²) in [5.41, 5.74) is 3.80. The number of methoxy groups -OCH3 is 1. The van der Waals surface area contributed by atoms with E-state index in [2.05, 4.69) is 38.0 Å². The van der Waals surface area contributed by atoms with Gasteiger partial charge in [-0.15, -0.1) is 0 Å². The molecule has 1 amide bonds. The molecule has 0 bridgehead atoms. The number of ether oxygens (including phenoxy) is 1. The smallest absolute Gasteiger partial charge is 0.257 e. The number of aromatic nitrogens is 2. The van der Waals surface area contributed by atoms with E-state index in [9.17, 15) is 4.79 Å². The van der Waals surface area contributed by atoms with Crippen LogP contribution in [-0.2, 0) is 4.74 Å². The highest BCUT2D eigenvalue weighted by molar-refractivity contribution is 5.95. The molecule has 0 saturated heterocycles. The van der Waals surface area contributed by atoms with Crippen LogP contribution in [0.25, 0.3) is 5.69 Å². The highest BCUT2D eigenvalue weighted by atomic mass is 16.5. The van der Waals surface area contributed by atoms with Crippen molar-refractivity contribution < 1.29 is 9.53 Å². The number of carbonyl (C=O) groups excluding carboxylic acids is 1. The lowest BCUT2D eigenvalue weighted by molar-refractivity contribution is 0.0778. The van der Waals surface area contributed by atoms with E-state index in [-0.39, 0.29) is 11.8 Å². The molecule has 5 heteroatoms. The minimum atomic E-state index is 0.00756. The molecule has 0 aliphatic heterocycles. The van der Waals surface area contributed by atoms with Crippen molar-refractivity contribution in [3.63, 3.8) is 0 Å². The molecule has 2 aromatic rings. The second-order valence-corrected chi connectivity index (χ2v) is 6.42. The van der Waals surface area contributed by atoms with Crippen LogP contribution < -0.4 is 0 Å². The molecule has 0 unspecified atom stereocenters. The summed E-state index contributed by atoms with van der Waals surface area (Å²) in [6.45, 7) is 7.55. The predicted molar refractivity (Wildman–Crippen MR) is 95.8 cm³/mol. The number of nitrogens with zero attached hydrogens (tertiary/aromatic N) is 3. The topological polar surface area (TPSA) is 47.4 Å². The summed E-state index contributed by atoms with van der Waals surface area (Å²) in [6, 6.07) is 8.18. The van der Waals surface area contributed by atoms with Crippen LogP contribution in [0.5, 0.6) is 0 Å². The van der Waals surface area contributed by atoms with E-state index in [1.165, 1.54) is 5.56 Å². The van der Waals surface area contributed by atoms with Gasteiger partial charge >= 0.3 is 0 Å². The lowest BCUT2D eigenvalue weighted by Crippen LogP contribution is -2.29. The van der Waals surface area contributed by atoms with Crippen LogP contribution >= 0.6 is 0 Å². The summed E-state index contributed by atoms with van der Waals surface area (Å²) in [5, 5.41) is 4.48. The molecular weight excluding hydrogens is 302 g/mol. The van der Waals surface area contributed by atoms with E-state index in [4.69, 9.17) is 4.74 Å². The number of rotatable bonds is 7. The molecule has 0 spiro atoms. The Labute approximate surface area is 144 Å². The van der Waals surface area contributed by atoms with Gasteiger partial charge in [0.15, 0.2) is 0 Å². The zero-order chi connectivity index (χ0) is 17.7. The number of benzene rings is 1. The Bertz CT molecular complexity index is 674. The first-order chi connectivity index (χ1) is 11.5. The van der Waals surface area contributed by atoms with E-state index >= 15 is 0 Å². The molecule has 0 saturated carbocycles. The fraction of sp³-hybridized carbons (Fsp3) is 0.474. The zero-order valence-electron chi connectivity index (χ0n) is 15.2. The Morgan fingerprint density at radius 2 is 1.96 bits per heavy atom. The van der Waals surface area contributed by atoms with Gasteiger partial charge in [-0.05, 0) is 31.4 Å². The molecule has 24 heavy (non-hydrogen) atoms. The Morgan fingerprint density at radius 3 is 2.54 bits per heavy atom. The SMILES string of the molecule is COCCCN(C)C(=O)c1cnn(-c2ccc(C)cc2)c1C(C)C. The average Bonchev–Trinajstić information content (AvgIpc) is 3.00. The fourth-order valence-electron chi connectivity index (χ4n) is 2.72. The van der Waals surface area contributed by atoms with E-state index in [1.54, 1.807) is 18.2 Å². The van der Waals surface area contributed by atoms with Gasteiger partial charge in [0.05, 0.1) is 23.1 Å². The molecule has 0 fully saturated rings. The van der Waals surface area contributed by atoms with Crippen molar-refractivity contribution in [2.24, 2.45) is 0 Å². The summed E-state index contributed by atoms with van der Waals surface area (Å²) < 4.78 is 6.93. The first-order valence-corrected chi connectivity index (χ1v) is 8.35. The monoisotopic (exact) mass is 329 g/mol. The van der Waals surface area contributed by atoms with Crippen molar-refractivity contribution in [2.45, 2.75) is 33.1 Å². The third-order valence-corrected chi connectivity index (χ3v) is 4.05. The van der Waals surface area contributed by atoms with Gasteiger partial charge in [0.2, 0.25) is 0 Å². The second kappa shape index (κ2) is 8.11. The molecule has 1 aromatic heterocycles. The normalized spacial score (nSPS) is 11.1. The predicted octanol–water partition coefficient (Wildman–Crippen LogP) is 3.41. The van der Waals surface area contributed by atoms with Crippen LogP contribution in [-0.4, -0.2) is 47.9 Å². The van der Waals surface area contributed by atoms with E-state index in [0.29, 0.717) is 18.7 Å². The Morgan fingerprint density at radius 1 is 1.29 bits per heavy atom. The molecule has 0 aliphatic carbocycles. The minimum Gasteiger partial charge on any atom is -0.385 e. The van der Waals surface area contributed by atoms with E-state index in [1.807, 2.05) is 23.9 Å². The molecule has 0 aliphatic rings. The number of hydrogen-bond donors (Lipinski definition) is 0. The highest BCUT2D eigenvalue weighted by Gasteiger charge is 2.23. The maximum Gasteiger partial charge on any atom is 0.257 e. The molecular formula is C19H27N3O2. The second-order valence-electron chi connectivity index (χ2n) is 6.42. The first kappa shape index (κ1) is 18.2. The zero-order valence-corrected chi connectivity index (χ0v) is 15.2. The molecule has 0 radical (unpaired) electrons. The number of amides is 1. The van der Waals surface area contributed by atoms with Gasteiger partial charge in [-0.2, -0.15) is 5.10 Å². The average molecular weight is 329 g/mol. The Kier molecular flexibility index (Phi) is 6.15. The molecule has 0 atom stereocenters. The number of aryl methyl sites for hydroxylation is 1. The van der Waals surface area contributed by atoms with Gasteiger partial charge in [0.1, 0.15) is 0 Å². The molecule has 0 N–H and O–H groups in total. The largest absolute Gasteiger partial charge is 0.385 e. The third-order valence-electron chi connectivity index (χ3n) is 4.05. The van der Waals surface area contributed by atoms with Gasteiger partial charge < -0.3 is 9.64 Å². The van der Waals surface area contributed by atoms with Crippen LogP contribution in [0.15, 0.2) is 30.5 Å². The standard InChI is InChI=1S/C19H27N3O2/c1-14(2)18-17(19(23)21(4)11-6-12-24-5)13-20-22(18)16-9-7-15(3)8-10-16/h7-10,13-14H,6,11-12H2,1-5H3. The first-order valence-electron chi connectivity index (χ1n) is 8.35. The summed E-state index contributed by atoms with van der Waals surface area (Å²) >= 11 is 0. The molecule has 1 aromatic carbocycles. The van der Waals surface area contributed by atoms with E-state index < -0.39 is 0 Å².